The van der Waals surface area contributed by atoms with E-state index < -0.39 is 15.1 Å². The van der Waals surface area contributed by atoms with E-state index in [1.165, 1.54) is 118 Å². The maximum atomic E-state index is 2.48. The fourth-order valence-electron chi connectivity index (χ4n) is 10.5. The van der Waals surface area contributed by atoms with Crippen molar-refractivity contribution < 1.29 is 0 Å². The molecule has 62 heavy (non-hydrogen) atoms. The lowest BCUT2D eigenvalue weighted by molar-refractivity contribution is 1.02. The molecule has 2 nitrogen and oxygen atoms in total. The van der Waals surface area contributed by atoms with Crippen molar-refractivity contribution in [3.8, 4) is 10.6 Å². The maximum absolute atomic E-state index is 2.48. The summed E-state index contributed by atoms with van der Waals surface area (Å²) in [5.74, 6) is 0. The van der Waals surface area contributed by atoms with Crippen LogP contribution in [0.5, 0.6) is 0 Å². The summed E-state index contributed by atoms with van der Waals surface area (Å²) in [7, 11) is 3.21. The first kappa shape index (κ1) is 35.7. The average Bonchev–Trinajstić information content (AvgIpc) is 4.02. The first-order valence-electron chi connectivity index (χ1n) is 21.4. The third kappa shape index (κ3) is 5.18. The van der Waals surface area contributed by atoms with Crippen LogP contribution in [0.1, 0.15) is 0 Å². The Morgan fingerprint density at radius 3 is 1.42 bits per heavy atom. The van der Waals surface area contributed by atoms with Crippen molar-refractivity contribution >= 4 is 122 Å². The molecule has 4 heteroatoms. The molecule has 14 rings (SSSR count). The van der Waals surface area contributed by atoms with Crippen molar-refractivity contribution in [2.45, 2.75) is 0 Å². The van der Waals surface area contributed by atoms with E-state index in [2.05, 4.69) is 229 Å². The van der Waals surface area contributed by atoms with Gasteiger partial charge in [0.25, 0.3) is 0 Å². The van der Waals surface area contributed by atoms with Gasteiger partial charge in [0.2, 0.25) is 0 Å². The van der Waals surface area contributed by atoms with Gasteiger partial charge in [0.05, 0.1) is 0 Å². The second kappa shape index (κ2) is 13.7. The molecule has 0 spiro atoms. The van der Waals surface area contributed by atoms with Gasteiger partial charge in [-0.15, -0.1) is 0 Å². The monoisotopic (exact) mass is 826 g/mol. The van der Waals surface area contributed by atoms with Crippen LogP contribution >= 0.6 is 15.1 Å². The quantitative estimate of drug-likeness (QED) is 0.164. The molecule has 0 radical (unpaired) electrons. The molecule has 4 heterocycles. The number of nitrogens with zero attached hydrogens (tertiary/aromatic N) is 2. The zero-order valence-electron chi connectivity index (χ0n) is 34.4. The number of aromatic nitrogens is 2. The second-order valence-electron chi connectivity index (χ2n) is 16.7. The van der Waals surface area contributed by atoms with E-state index in [1.54, 1.807) is 0 Å². The van der Waals surface area contributed by atoms with Crippen molar-refractivity contribution in [3.63, 3.8) is 0 Å². The Morgan fingerprint density at radius 1 is 0.274 bits per heavy atom. The van der Waals surface area contributed by atoms with Crippen LogP contribution in [0, 0.1) is 0 Å². The number of aryl methyl sites for hydroxylation is 2. The van der Waals surface area contributed by atoms with Crippen molar-refractivity contribution in [1.29, 1.82) is 0 Å². The van der Waals surface area contributed by atoms with E-state index in [-0.39, 0.29) is 0 Å². The zero-order chi connectivity index (χ0) is 41.1. The largest absolute Gasteiger partial charge is 0.344 e. The van der Waals surface area contributed by atoms with Crippen LogP contribution in [-0.2, 0) is 14.1 Å². The summed E-state index contributed by atoms with van der Waals surface area (Å²) in [6.45, 7) is 0. The van der Waals surface area contributed by atoms with Crippen molar-refractivity contribution in [1.82, 2.24) is 9.13 Å². The summed E-state index contributed by atoms with van der Waals surface area (Å²) < 4.78 is 4.69. The van der Waals surface area contributed by atoms with Gasteiger partial charge in [-0.1, -0.05) is 173 Å². The number of para-hydroxylation sites is 2. The van der Waals surface area contributed by atoms with Gasteiger partial charge in [-0.05, 0) is 102 Å². The fourth-order valence-corrected chi connectivity index (χ4v) is 16.0. The Labute approximate surface area is 360 Å². The lowest BCUT2D eigenvalue weighted by atomic mass is 10.0. The summed E-state index contributed by atoms with van der Waals surface area (Å²) in [5, 5.41) is 25.1. The number of benzene rings is 10. The smallest absolute Gasteiger partial charge is 0.0498 e. The summed E-state index contributed by atoms with van der Waals surface area (Å²) in [5.41, 5.74) is 5.22. The Bertz CT molecular complexity index is 4100. The highest BCUT2D eigenvalue weighted by molar-refractivity contribution is 7.68. The van der Waals surface area contributed by atoms with E-state index in [4.69, 9.17) is 0 Å². The molecule has 14 aromatic rings. The van der Waals surface area contributed by atoms with E-state index >= 15 is 0 Å². The third-order valence-corrected chi connectivity index (χ3v) is 18.5. The molecule has 2 unspecified atom stereocenters. The molecule has 10 aromatic carbocycles. The minimum absolute atomic E-state index is 0.574. The van der Waals surface area contributed by atoms with Crippen molar-refractivity contribution in [3.05, 3.63) is 206 Å². The Morgan fingerprint density at radius 2 is 0.742 bits per heavy atom. The Kier molecular flexibility index (Phi) is 7.89. The van der Waals surface area contributed by atoms with Crippen LogP contribution in [0.25, 0.3) is 118 Å². The van der Waals surface area contributed by atoms with Gasteiger partial charge >= 0.3 is 0 Å². The molecular formula is C58H40N2P2. The summed E-state index contributed by atoms with van der Waals surface area (Å²) in [6.07, 6.45) is 0. The SMILES string of the molecule is Cn1c2ccccc2c2cc3c(cc21)c1cc2ccccc2cc1p3-c1ccccc1.Cn1c2ccccc2c2cc3c4ccc5ccccc5c4p(-c4ccccc4)c3cc21. The highest BCUT2D eigenvalue weighted by Crippen LogP contribution is 2.59. The molecule has 0 saturated carbocycles. The molecule has 4 aromatic heterocycles. The van der Waals surface area contributed by atoms with E-state index in [0.29, 0.717) is 0 Å². The van der Waals surface area contributed by atoms with Crippen LogP contribution in [0.15, 0.2) is 206 Å². The van der Waals surface area contributed by atoms with Crippen molar-refractivity contribution in [2.24, 2.45) is 14.1 Å². The standard InChI is InChI=1S/2C29H20NP/c1-30-26-14-8-7-13-22(26)23-18-29-25(17-27(23)30)24-15-19-9-5-6-10-20(19)16-28(24)31(29)21-11-3-2-4-12-21;1-30-26-14-8-7-13-22(26)24-17-25-23-16-15-19-9-5-6-12-21(19)29(23)31(28(25)18-27(24)30)20-10-3-2-4-11-20/h2*2-18H,1H3. The summed E-state index contributed by atoms with van der Waals surface area (Å²) >= 11 is 0. The number of hydrogen-bond acceptors (Lipinski definition) is 0. The number of hydrogen-bond donors (Lipinski definition) is 0. The highest BCUT2D eigenvalue weighted by atomic mass is 31.1. The first-order valence-corrected chi connectivity index (χ1v) is 24.1. The number of fused-ring (bicyclic) bond motifs is 15. The predicted molar refractivity (Wildman–Crippen MR) is 274 cm³/mol. The minimum Gasteiger partial charge on any atom is -0.344 e. The lowest BCUT2D eigenvalue weighted by Gasteiger charge is -2.06. The predicted octanol–water partition coefficient (Wildman–Crippen LogP) is 17.5. The van der Waals surface area contributed by atoms with Crippen LogP contribution in [0.2, 0.25) is 0 Å². The summed E-state index contributed by atoms with van der Waals surface area (Å²) in [4.78, 5) is 0. The number of rotatable bonds is 2. The van der Waals surface area contributed by atoms with E-state index in [1.807, 2.05) is 0 Å². The first-order chi connectivity index (χ1) is 30.6. The van der Waals surface area contributed by atoms with E-state index in [0.717, 1.165) is 0 Å². The molecule has 292 valence electrons. The molecule has 0 bridgehead atoms. The molecule has 0 aliphatic heterocycles. The van der Waals surface area contributed by atoms with Gasteiger partial charge in [0, 0.05) is 78.2 Å². The third-order valence-electron chi connectivity index (χ3n) is 13.4. The zero-order valence-corrected chi connectivity index (χ0v) is 36.2. The van der Waals surface area contributed by atoms with Crippen LogP contribution in [0.3, 0.4) is 0 Å². The minimum atomic E-state index is -0.600. The van der Waals surface area contributed by atoms with Crippen LogP contribution in [-0.4, -0.2) is 9.13 Å². The van der Waals surface area contributed by atoms with Crippen LogP contribution < -0.4 is 0 Å². The van der Waals surface area contributed by atoms with E-state index in [9.17, 15) is 0 Å². The normalized spacial score (nSPS) is 12.6. The fraction of sp³-hybridized carbons (Fsp3) is 0.0345. The molecule has 0 aliphatic carbocycles. The van der Waals surface area contributed by atoms with Gasteiger partial charge in [-0.2, -0.15) is 0 Å². The molecule has 2 atom stereocenters. The molecule has 0 amide bonds. The van der Waals surface area contributed by atoms with Gasteiger partial charge in [-0.3, -0.25) is 0 Å². The van der Waals surface area contributed by atoms with Gasteiger partial charge in [0.15, 0.2) is 0 Å². The second-order valence-corrected chi connectivity index (χ2v) is 20.9. The molecular weight excluding hydrogens is 787 g/mol. The Hall–Kier alpha value is -7.08. The highest BCUT2D eigenvalue weighted by Gasteiger charge is 2.20. The topological polar surface area (TPSA) is 9.86 Å². The van der Waals surface area contributed by atoms with Gasteiger partial charge in [-0.25, -0.2) is 0 Å². The average molecular weight is 827 g/mol. The molecule has 0 N–H and O–H groups in total. The van der Waals surface area contributed by atoms with Crippen LogP contribution in [0.4, 0.5) is 0 Å². The molecule has 0 fully saturated rings. The molecule has 0 aliphatic rings. The van der Waals surface area contributed by atoms with Crippen molar-refractivity contribution in [2.75, 3.05) is 0 Å². The summed E-state index contributed by atoms with van der Waals surface area (Å²) in [6, 6.07) is 76.6. The Balaban J connectivity index is 0.000000126. The lowest BCUT2D eigenvalue weighted by Crippen LogP contribution is -1.85. The van der Waals surface area contributed by atoms with Gasteiger partial charge in [0.1, 0.15) is 0 Å². The van der Waals surface area contributed by atoms with Gasteiger partial charge < -0.3 is 9.13 Å². The molecule has 0 saturated heterocycles. The maximum Gasteiger partial charge on any atom is 0.0498 e.